The van der Waals surface area contributed by atoms with Crippen molar-refractivity contribution in [2.75, 3.05) is 20.3 Å². The first-order valence-corrected chi connectivity index (χ1v) is 22.6. The zero-order chi connectivity index (χ0) is 46.4. The van der Waals surface area contributed by atoms with Gasteiger partial charge in [-0.05, 0) is 92.3 Å². The Balaban J connectivity index is 1.13. The highest BCUT2D eigenvalue weighted by molar-refractivity contribution is 5.90. The molecular formula is C47H70O16. The van der Waals surface area contributed by atoms with Crippen molar-refractivity contribution >= 4 is 17.9 Å². The number of ether oxygens (including phenoxy) is 5. The van der Waals surface area contributed by atoms with Crippen LogP contribution in [-0.2, 0) is 38.1 Å². The van der Waals surface area contributed by atoms with E-state index in [2.05, 4.69) is 33.4 Å². The second-order valence-corrected chi connectivity index (χ2v) is 21.3. The molecule has 2 aliphatic heterocycles. The molecule has 20 atom stereocenters. The summed E-state index contributed by atoms with van der Waals surface area (Å²) in [6.07, 6.45) is -2.89. The van der Waals surface area contributed by atoms with Crippen LogP contribution in [0.25, 0.3) is 0 Å². The molecule has 4 saturated carbocycles. The smallest absolute Gasteiger partial charge is 0.337 e. The quantitative estimate of drug-likeness (QED) is 0.116. The van der Waals surface area contributed by atoms with Gasteiger partial charge in [0.15, 0.2) is 6.29 Å². The van der Waals surface area contributed by atoms with Crippen LogP contribution in [0.15, 0.2) is 36.1 Å². The third kappa shape index (κ3) is 7.15. The lowest BCUT2D eigenvalue weighted by atomic mass is 9.33. The Bertz CT molecular complexity index is 1860. The Morgan fingerprint density at radius 2 is 1.63 bits per heavy atom. The maximum Gasteiger partial charge on any atom is 0.337 e. The molecule has 0 aromatic heterocycles. The summed E-state index contributed by atoms with van der Waals surface area (Å²) in [5.41, 5.74) is -3.72. The van der Waals surface area contributed by atoms with Gasteiger partial charge in [-0.15, -0.1) is 6.58 Å². The molecule has 0 spiro atoms. The molecule has 0 amide bonds. The monoisotopic (exact) mass is 890 g/mol. The van der Waals surface area contributed by atoms with Crippen LogP contribution >= 0.6 is 0 Å². The van der Waals surface area contributed by atoms with Crippen LogP contribution < -0.4 is 0 Å². The van der Waals surface area contributed by atoms with Crippen LogP contribution in [0.2, 0.25) is 0 Å². The molecular weight excluding hydrogens is 821 g/mol. The van der Waals surface area contributed by atoms with E-state index in [-0.39, 0.29) is 35.3 Å². The zero-order valence-electron chi connectivity index (χ0n) is 37.6. The molecule has 0 radical (unpaired) electrons. The molecule has 7 aliphatic rings. The van der Waals surface area contributed by atoms with Crippen molar-refractivity contribution in [1.82, 2.24) is 0 Å². The first-order chi connectivity index (χ1) is 29.4. The molecule has 63 heavy (non-hydrogen) atoms. The van der Waals surface area contributed by atoms with Gasteiger partial charge < -0.3 is 64.5 Å². The fourth-order valence-electron chi connectivity index (χ4n) is 14.4. The van der Waals surface area contributed by atoms with E-state index in [1.165, 1.54) is 13.2 Å². The molecule has 16 nitrogen and oxygen atoms in total. The molecule has 16 heteroatoms. The Morgan fingerprint density at radius 1 is 0.937 bits per heavy atom. The number of aliphatic hydroxyl groups excluding tert-OH is 6. The molecule has 0 bridgehead atoms. The van der Waals surface area contributed by atoms with Crippen molar-refractivity contribution in [3.8, 4) is 0 Å². The fourth-order valence-corrected chi connectivity index (χ4v) is 14.4. The molecule has 7 rings (SSSR count). The Kier molecular flexibility index (Phi) is 12.8. The lowest BCUT2D eigenvalue weighted by Crippen LogP contribution is -2.69. The SMILES string of the molecule is C=C[C@H]1[C@H](O[C@@H]2O[C@H](CO)[C@@H](O)[C@H](O)[C@H]2O)OC=C(C(=O)OC)[C@@H]1CC(=O)OC[C@]1(C)[C@H]2CC[C@]3(C)[C@H](CC=C4[C@H]5[C@](C(=O)O)(CC[C@@H](C)[C@@]5(C)O)CC[C@]43C)[C@@]2(C)C[C@@H](O)[C@@H]1O. The number of hydrogen-bond donors (Lipinski definition) is 8. The average molecular weight is 891 g/mol. The first kappa shape index (κ1) is 48.0. The lowest BCUT2D eigenvalue weighted by Gasteiger charge is -2.72. The number of rotatable bonds is 10. The van der Waals surface area contributed by atoms with Crippen LogP contribution in [0.5, 0.6) is 0 Å². The number of carboxylic acid groups (broad SMARTS) is 1. The van der Waals surface area contributed by atoms with Gasteiger partial charge in [0, 0.05) is 23.2 Å². The van der Waals surface area contributed by atoms with Crippen LogP contribution in [0, 0.1) is 62.6 Å². The van der Waals surface area contributed by atoms with Crippen molar-refractivity contribution in [2.24, 2.45) is 62.6 Å². The summed E-state index contributed by atoms with van der Waals surface area (Å²) in [6.45, 7) is 15.3. The van der Waals surface area contributed by atoms with E-state index >= 15 is 0 Å². The van der Waals surface area contributed by atoms with E-state index in [0.717, 1.165) is 18.3 Å². The van der Waals surface area contributed by atoms with Crippen molar-refractivity contribution in [3.05, 3.63) is 36.1 Å². The molecule has 5 aliphatic carbocycles. The standard InChI is InChI=1S/C47H70O16/c1-9-24-25(26(38(55)59-8)21-60-39(24)63-40-35(53)34(52)33(51)29(20-48)62-40)18-32(50)61-22-43(4)30-13-14-45(6)31(42(30,3)19-28(49)37(43)54)11-10-27-36-46(7,58)23(2)12-15-47(36,41(56)57)17-16-44(27,45)5/h9-10,21,23-25,28-31,33-37,39-40,48-49,51-54,58H,1,11-20,22H2,2-8H3,(H,56,57)/t23-,24-,25-,28-,29-,30+,31-,33-,34+,35-,36-,37+,39+,40+,42+,43-,44-,45-,46-,47+/m1/s1. The lowest BCUT2D eigenvalue weighted by molar-refractivity contribution is -0.339. The van der Waals surface area contributed by atoms with Crippen LogP contribution in [0.3, 0.4) is 0 Å². The maximum atomic E-state index is 14.0. The Hall–Kier alpha value is -2.93. The van der Waals surface area contributed by atoms with E-state index < -0.39 is 125 Å². The first-order valence-electron chi connectivity index (χ1n) is 22.6. The topological polar surface area (TPSA) is 259 Å². The highest BCUT2D eigenvalue weighted by atomic mass is 16.8. The number of methoxy groups -OCH3 is 1. The van der Waals surface area contributed by atoms with Crippen LogP contribution in [-0.4, -0.2) is 134 Å². The molecule has 5 fully saturated rings. The third-order valence-corrected chi connectivity index (χ3v) is 18.5. The Labute approximate surface area is 369 Å². The van der Waals surface area contributed by atoms with Crippen molar-refractivity contribution < 1.29 is 78.9 Å². The number of esters is 2. The minimum atomic E-state index is -1.75. The number of allylic oxidation sites excluding steroid dienone is 1. The van der Waals surface area contributed by atoms with Gasteiger partial charge in [-0.1, -0.05) is 52.3 Å². The summed E-state index contributed by atoms with van der Waals surface area (Å²) in [7, 11) is 1.17. The van der Waals surface area contributed by atoms with Gasteiger partial charge in [0.2, 0.25) is 6.29 Å². The van der Waals surface area contributed by atoms with E-state index in [1.54, 1.807) is 0 Å². The number of aliphatic carboxylic acids is 1. The van der Waals surface area contributed by atoms with E-state index in [1.807, 2.05) is 20.8 Å². The zero-order valence-corrected chi connectivity index (χ0v) is 37.6. The number of fused-ring (bicyclic) bond motifs is 7. The summed E-state index contributed by atoms with van der Waals surface area (Å²) in [4.78, 5) is 40.2. The normalized spacial score (nSPS) is 50.4. The molecule has 0 aromatic rings. The average Bonchev–Trinajstić information content (AvgIpc) is 3.23. The summed E-state index contributed by atoms with van der Waals surface area (Å²) in [5.74, 6) is -5.16. The van der Waals surface area contributed by atoms with Gasteiger partial charge in [-0.3, -0.25) is 9.59 Å². The van der Waals surface area contributed by atoms with Crippen molar-refractivity contribution in [3.63, 3.8) is 0 Å². The number of hydrogen-bond acceptors (Lipinski definition) is 15. The van der Waals surface area contributed by atoms with Crippen molar-refractivity contribution in [1.29, 1.82) is 0 Å². The molecule has 0 aromatic carbocycles. The summed E-state index contributed by atoms with van der Waals surface area (Å²) >= 11 is 0. The second-order valence-electron chi connectivity index (χ2n) is 21.3. The molecule has 0 unspecified atom stereocenters. The van der Waals surface area contributed by atoms with Gasteiger partial charge >= 0.3 is 17.9 Å². The van der Waals surface area contributed by atoms with Gasteiger partial charge in [0.05, 0.1) is 61.8 Å². The van der Waals surface area contributed by atoms with E-state index in [9.17, 15) is 55.2 Å². The maximum absolute atomic E-state index is 14.0. The van der Waals surface area contributed by atoms with Gasteiger partial charge in [0.1, 0.15) is 24.4 Å². The second kappa shape index (κ2) is 16.7. The van der Waals surface area contributed by atoms with Crippen LogP contribution in [0.4, 0.5) is 0 Å². The Morgan fingerprint density at radius 3 is 2.27 bits per heavy atom. The molecule has 354 valence electrons. The predicted molar refractivity (Wildman–Crippen MR) is 222 cm³/mol. The summed E-state index contributed by atoms with van der Waals surface area (Å²) in [5, 5.41) is 87.4. The van der Waals surface area contributed by atoms with Gasteiger partial charge in [0.25, 0.3) is 0 Å². The minimum absolute atomic E-state index is 0.00179. The van der Waals surface area contributed by atoms with Crippen molar-refractivity contribution in [2.45, 2.75) is 154 Å². The highest BCUT2D eigenvalue weighted by Gasteiger charge is 2.72. The fraction of sp³-hybridized carbons (Fsp3) is 0.809. The number of carboxylic acids is 1. The van der Waals surface area contributed by atoms with Crippen LogP contribution in [0.1, 0.15) is 99.3 Å². The summed E-state index contributed by atoms with van der Waals surface area (Å²) < 4.78 is 28.2. The number of carbonyl (C=O) groups excluding carboxylic acids is 2. The predicted octanol–water partition coefficient (Wildman–Crippen LogP) is 2.74. The van der Waals surface area contributed by atoms with E-state index in [4.69, 9.17) is 23.7 Å². The highest BCUT2D eigenvalue weighted by Crippen LogP contribution is 2.76. The number of aliphatic hydroxyl groups is 7. The number of carbonyl (C=O) groups is 3. The largest absolute Gasteiger partial charge is 0.481 e. The minimum Gasteiger partial charge on any atom is -0.481 e. The summed E-state index contributed by atoms with van der Waals surface area (Å²) in [6, 6.07) is 0. The van der Waals surface area contributed by atoms with Gasteiger partial charge in [-0.25, -0.2) is 4.79 Å². The molecule has 1 saturated heterocycles. The molecule has 2 heterocycles. The molecule has 8 N–H and O–H groups in total. The van der Waals surface area contributed by atoms with Gasteiger partial charge in [-0.2, -0.15) is 0 Å². The van der Waals surface area contributed by atoms with E-state index in [0.29, 0.717) is 44.9 Å². The third-order valence-electron chi connectivity index (χ3n) is 18.5.